The minimum Gasteiger partial charge on any atom is -0.343 e. The quantitative estimate of drug-likeness (QED) is 0.860. The third kappa shape index (κ3) is 5.18. The van der Waals surface area contributed by atoms with Crippen molar-refractivity contribution in [2.45, 2.75) is 45.6 Å². The van der Waals surface area contributed by atoms with E-state index in [9.17, 15) is 4.79 Å². The molecule has 1 aliphatic heterocycles. The zero-order valence-corrected chi connectivity index (χ0v) is 15.8. The number of nitrogens with zero attached hydrogens (tertiary/aromatic N) is 1. The number of likely N-dealkylation sites (tertiary alicyclic amines) is 1. The molecule has 0 atom stereocenters. The van der Waals surface area contributed by atoms with E-state index in [-0.39, 0.29) is 0 Å². The van der Waals surface area contributed by atoms with Crippen molar-refractivity contribution in [3.63, 3.8) is 0 Å². The van der Waals surface area contributed by atoms with Gasteiger partial charge in [-0.2, -0.15) is 0 Å². The van der Waals surface area contributed by atoms with Crippen molar-refractivity contribution in [2.24, 2.45) is 11.7 Å². The fourth-order valence-corrected chi connectivity index (χ4v) is 3.81. The Balaban J connectivity index is 1.42. The lowest BCUT2D eigenvalue weighted by Crippen LogP contribution is -2.39. The van der Waals surface area contributed by atoms with E-state index >= 15 is 0 Å². The fraction of sp³-hybridized carbons (Fsp3) is 0.435. The number of carbonyl (C=O) groups is 1. The zero-order valence-electron chi connectivity index (χ0n) is 15.8. The first-order valence-electron chi connectivity index (χ1n) is 9.75. The van der Waals surface area contributed by atoms with Crippen molar-refractivity contribution < 1.29 is 4.79 Å². The summed E-state index contributed by atoms with van der Waals surface area (Å²) >= 11 is 0. The van der Waals surface area contributed by atoms with Gasteiger partial charge in [0.25, 0.3) is 0 Å². The lowest BCUT2D eigenvalue weighted by molar-refractivity contribution is -0.132. The summed E-state index contributed by atoms with van der Waals surface area (Å²) in [6, 6.07) is 17.1. The maximum absolute atomic E-state index is 12.5. The highest BCUT2D eigenvalue weighted by Crippen LogP contribution is 2.23. The van der Waals surface area contributed by atoms with Crippen LogP contribution in [0.25, 0.3) is 0 Å². The zero-order chi connectivity index (χ0) is 18.4. The molecule has 2 aromatic rings. The summed E-state index contributed by atoms with van der Waals surface area (Å²) in [6.45, 7) is 4.52. The van der Waals surface area contributed by atoms with Gasteiger partial charge in [0.05, 0.1) is 0 Å². The Morgan fingerprint density at radius 2 is 1.73 bits per heavy atom. The highest BCUT2D eigenvalue weighted by atomic mass is 16.2. The molecule has 138 valence electrons. The Labute approximate surface area is 157 Å². The lowest BCUT2D eigenvalue weighted by Gasteiger charge is -2.32. The summed E-state index contributed by atoms with van der Waals surface area (Å²) in [6.07, 6.45) is 4.78. The van der Waals surface area contributed by atoms with E-state index in [1.807, 2.05) is 0 Å². The first kappa shape index (κ1) is 18.7. The van der Waals surface area contributed by atoms with E-state index in [4.69, 9.17) is 5.73 Å². The van der Waals surface area contributed by atoms with Crippen LogP contribution in [0.2, 0.25) is 0 Å². The van der Waals surface area contributed by atoms with Crippen molar-refractivity contribution in [1.29, 1.82) is 0 Å². The summed E-state index contributed by atoms with van der Waals surface area (Å²) in [5.41, 5.74) is 10.7. The molecule has 1 fully saturated rings. The molecule has 1 amide bonds. The predicted molar refractivity (Wildman–Crippen MR) is 107 cm³/mol. The maximum Gasteiger partial charge on any atom is 0.222 e. The number of aryl methyl sites for hydroxylation is 2. The van der Waals surface area contributed by atoms with E-state index in [1.165, 1.54) is 16.7 Å². The number of hydrogen-bond acceptors (Lipinski definition) is 2. The minimum atomic E-state index is 0.293. The first-order chi connectivity index (χ1) is 12.6. The van der Waals surface area contributed by atoms with Crippen molar-refractivity contribution in [3.05, 3.63) is 70.8 Å². The highest BCUT2D eigenvalue weighted by Gasteiger charge is 2.22. The van der Waals surface area contributed by atoms with E-state index in [0.717, 1.165) is 44.3 Å². The summed E-state index contributed by atoms with van der Waals surface area (Å²) in [7, 11) is 0. The molecule has 0 radical (unpaired) electrons. The van der Waals surface area contributed by atoms with Crippen LogP contribution in [-0.2, 0) is 24.2 Å². The van der Waals surface area contributed by atoms with Crippen molar-refractivity contribution >= 4 is 5.91 Å². The molecule has 3 rings (SSSR count). The van der Waals surface area contributed by atoms with E-state index in [2.05, 4.69) is 60.4 Å². The van der Waals surface area contributed by atoms with Gasteiger partial charge < -0.3 is 10.6 Å². The topological polar surface area (TPSA) is 46.3 Å². The smallest absolute Gasteiger partial charge is 0.222 e. The average Bonchev–Trinajstić information content (AvgIpc) is 2.67. The molecular weight excluding hydrogens is 320 g/mol. The van der Waals surface area contributed by atoms with Crippen LogP contribution in [0.15, 0.2) is 48.5 Å². The van der Waals surface area contributed by atoms with Crippen LogP contribution in [0.4, 0.5) is 0 Å². The number of carbonyl (C=O) groups excluding carboxylic acids is 1. The molecule has 0 unspecified atom stereocenters. The Morgan fingerprint density at radius 1 is 1.04 bits per heavy atom. The second-order valence-electron chi connectivity index (χ2n) is 7.54. The number of benzene rings is 2. The largest absolute Gasteiger partial charge is 0.343 e. The molecule has 0 aliphatic carbocycles. The molecule has 1 aliphatic rings. The molecule has 3 heteroatoms. The Morgan fingerprint density at radius 3 is 2.38 bits per heavy atom. The van der Waals surface area contributed by atoms with Gasteiger partial charge in [0.2, 0.25) is 5.91 Å². The molecule has 3 nitrogen and oxygen atoms in total. The van der Waals surface area contributed by atoms with Gasteiger partial charge in [0, 0.05) is 26.1 Å². The van der Waals surface area contributed by atoms with Crippen LogP contribution < -0.4 is 5.73 Å². The SMILES string of the molecule is Cc1cccc(CC2CCN(C(=O)CCc3ccc(CN)cc3)CC2)c1. The van der Waals surface area contributed by atoms with Crippen LogP contribution in [0.3, 0.4) is 0 Å². The van der Waals surface area contributed by atoms with Gasteiger partial charge >= 0.3 is 0 Å². The van der Waals surface area contributed by atoms with Crippen LogP contribution in [0.1, 0.15) is 41.5 Å². The predicted octanol–water partition coefficient (Wildman–Crippen LogP) is 3.87. The van der Waals surface area contributed by atoms with Crippen LogP contribution in [0.5, 0.6) is 0 Å². The van der Waals surface area contributed by atoms with E-state index in [0.29, 0.717) is 24.8 Å². The molecule has 0 bridgehead atoms. The molecule has 0 spiro atoms. The summed E-state index contributed by atoms with van der Waals surface area (Å²) in [5.74, 6) is 0.992. The van der Waals surface area contributed by atoms with E-state index < -0.39 is 0 Å². The number of hydrogen-bond donors (Lipinski definition) is 1. The molecule has 2 aromatic carbocycles. The maximum atomic E-state index is 12.5. The highest BCUT2D eigenvalue weighted by molar-refractivity contribution is 5.76. The Hall–Kier alpha value is -2.13. The monoisotopic (exact) mass is 350 g/mol. The van der Waals surface area contributed by atoms with Crippen LogP contribution in [0, 0.1) is 12.8 Å². The molecule has 26 heavy (non-hydrogen) atoms. The summed E-state index contributed by atoms with van der Waals surface area (Å²) < 4.78 is 0. The number of piperidine rings is 1. The third-order valence-electron chi connectivity index (χ3n) is 5.46. The third-order valence-corrected chi connectivity index (χ3v) is 5.46. The summed E-state index contributed by atoms with van der Waals surface area (Å²) in [5, 5.41) is 0. The second-order valence-corrected chi connectivity index (χ2v) is 7.54. The van der Waals surface area contributed by atoms with Crippen molar-refractivity contribution in [2.75, 3.05) is 13.1 Å². The first-order valence-corrected chi connectivity index (χ1v) is 9.75. The van der Waals surface area contributed by atoms with Crippen molar-refractivity contribution in [3.8, 4) is 0 Å². The molecule has 1 heterocycles. The molecule has 0 aromatic heterocycles. The number of rotatable bonds is 6. The molecular formula is C23H30N2O. The van der Waals surface area contributed by atoms with Gasteiger partial charge in [0.1, 0.15) is 0 Å². The Bertz CT molecular complexity index is 715. The van der Waals surface area contributed by atoms with Gasteiger partial charge in [-0.1, -0.05) is 54.1 Å². The standard InChI is InChI=1S/C23H30N2O/c1-18-3-2-4-22(15-18)16-20-11-13-25(14-12-20)23(26)10-9-19-5-7-21(17-24)8-6-19/h2-8,15,20H,9-14,16-17,24H2,1H3. The van der Waals surface area contributed by atoms with Crippen LogP contribution >= 0.6 is 0 Å². The molecule has 1 saturated heterocycles. The average molecular weight is 351 g/mol. The van der Waals surface area contributed by atoms with Gasteiger partial charge in [0.15, 0.2) is 0 Å². The minimum absolute atomic E-state index is 0.293. The number of nitrogens with two attached hydrogens (primary N) is 1. The van der Waals surface area contributed by atoms with Gasteiger partial charge in [-0.3, -0.25) is 4.79 Å². The lowest BCUT2D eigenvalue weighted by atomic mass is 9.89. The normalized spacial score (nSPS) is 15.2. The summed E-state index contributed by atoms with van der Waals surface area (Å²) in [4.78, 5) is 14.6. The second kappa shape index (κ2) is 9.00. The van der Waals surface area contributed by atoms with E-state index in [1.54, 1.807) is 0 Å². The fourth-order valence-electron chi connectivity index (χ4n) is 3.81. The number of amides is 1. The molecule has 2 N–H and O–H groups in total. The Kier molecular flexibility index (Phi) is 6.45. The van der Waals surface area contributed by atoms with Crippen LogP contribution in [-0.4, -0.2) is 23.9 Å². The molecule has 0 saturated carbocycles. The van der Waals surface area contributed by atoms with Crippen molar-refractivity contribution in [1.82, 2.24) is 4.90 Å². The van der Waals surface area contributed by atoms with Gasteiger partial charge in [-0.15, -0.1) is 0 Å². The van der Waals surface area contributed by atoms with Gasteiger partial charge in [-0.05, 0) is 55.2 Å². The van der Waals surface area contributed by atoms with Gasteiger partial charge in [-0.25, -0.2) is 0 Å².